The van der Waals surface area contributed by atoms with Crippen LogP contribution < -0.4 is 11.2 Å². The van der Waals surface area contributed by atoms with Gasteiger partial charge in [-0.3, -0.25) is 14.6 Å². The van der Waals surface area contributed by atoms with E-state index in [9.17, 15) is 24.6 Å². The molecule has 0 saturated carbocycles. The highest BCUT2D eigenvalue weighted by Gasteiger charge is 2.35. The number of hydrogen-bond donors (Lipinski definition) is 3. The molecule has 0 bridgehead atoms. The molecule has 1 aromatic heterocycles. The summed E-state index contributed by atoms with van der Waals surface area (Å²) in [6.07, 6.45) is 0.302. The average Bonchev–Trinajstić information content (AvgIpc) is 3.18. The van der Waals surface area contributed by atoms with Gasteiger partial charge in [0.2, 0.25) is 11.8 Å². The van der Waals surface area contributed by atoms with Gasteiger partial charge in [0.1, 0.15) is 11.3 Å². The van der Waals surface area contributed by atoms with Crippen LogP contribution in [0.3, 0.4) is 0 Å². The van der Waals surface area contributed by atoms with Crippen LogP contribution in [0.4, 0.5) is 0 Å². The molecule has 2 aromatic carbocycles. The molecular formula is C22H19ClN4O5. The van der Waals surface area contributed by atoms with Crippen molar-refractivity contribution in [2.24, 2.45) is 5.10 Å². The SMILES string of the molecule is CCC(=O)N1N=C(c2c(O)n(-c3cccc(Cl)c3)c(=O)[nH]c2=O)C[C@H]1c1ccc(O)cc1. The first kappa shape index (κ1) is 21.4. The zero-order valence-electron chi connectivity index (χ0n) is 16.9. The van der Waals surface area contributed by atoms with E-state index in [2.05, 4.69) is 10.1 Å². The Hall–Kier alpha value is -3.85. The van der Waals surface area contributed by atoms with E-state index < -0.39 is 23.2 Å². The molecule has 1 amide bonds. The Labute approximate surface area is 186 Å². The molecule has 2 heterocycles. The maximum Gasteiger partial charge on any atom is 0.335 e. The van der Waals surface area contributed by atoms with E-state index in [-0.39, 0.29) is 41.5 Å². The number of H-pyrrole nitrogens is 1. The lowest BCUT2D eigenvalue weighted by Gasteiger charge is -2.21. The lowest BCUT2D eigenvalue weighted by Crippen LogP contribution is -2.33. The van der Waals surface area contributed by atoms with Gasteiger partial charge in [-0.15, -0.1) is 0 Å². The van der Waals surface area contributed by atoms with Crippen LogP contribution in [-0.4, -0.2) is 36.4 Å². The van der Waals surface area contributed by atoms with E-state index in [0.717, 1.165) is 4.57 Å². The Kier molecular flexibility index (Phi) is 5.58. The summed E-state index contributed by atoms with van der Waals surface area (Å²) in [5.74, 6) is -0.809. The molecule has 3 N–H and O–H groups in total. The van der Waals surface area contributed by atoms with Crippen molar-refractivity contribution in [3.8, 4) is 17.3 Å². The number of aromatic hydroxyl groups is 2. The van der Waals surface area contributed by atoms with E-state index >= 15 is 0 Å². The molecule has 0 unspecified atom stereocenters. The molecule has 9 nitrogen and oxygen atoms in total. The zero-order valence-corrected chi connectivity index (χ0v) is 17.7. The number of benzene rings is 2. The molecule has 0 aliphatic carbocycles. The third-order valence-electron chi connectivity index (χ3n) is 5.19. The van der Waals surface area contributed by atoms with Gasteiger partial charge in [0.25, 0.3) is 5.56 Å². The predicted octanol–water partition coefficient (Wildman–Crippen LogP) is 2.68. The van der Waals surface area contributed by atoms with Gasteiger partial charge in [0, 0.05) is 17.9 Å². The fraction of sp³-hybridized carbons (Fsp3) is 0.182. The highest BCUT2D eigenvalue weighted by molar-refractivity contribution is 6.30. The summed E-state index contributed by atoms with van der Waals surface area (Å²) >= 11 is 6.01. The van der Waals surface area contributed by atoms with Gasteiger partial charge in [0.15, 0.2) is 0 Å². The summed E-state index contributed by atoms with van der Waals surface area (Å²) in [5.41, 5.74) is -0.761. The minimum Gasteiger partial charge on any atom is -0.508 e. The zero-order chi connectivity index (χ0) is 23.0. The monoisotopic (exact) mass is 454 g/mol. The molecule has 32 heavy (non-hydrogen) atoms. The first-order valence-corrected chi connectivity index (χ1v) is 10.2. The van der Waals surface area contributed by atoms with Gasteiger partial charge >= 0.3 is 5.69 Å². The van der Waals surface area contributed by atoms with Gasteiger partial charge in [-0.25, -0.2) is 14.4 Å². The topological polar surface area (TPSA) is 128 Å². The number of nitrogens with zero attached hydrogens (tertiary/aromatic N) is 3. The maximum atomic E-state index is 12.7. The Morgan fingerprint density at radius 2 is 1.91 bits per heavy atom. The van der Waals surface area contributed by atoms with Gasteiger partial charge in [-0.05, 0) is 35.9 Å². The average molecular weight is 455 g/mol. The number of aromatic amines is 1. The maximum absolute atomic E-state index is 12.7. The number of rotatable bonds is 4. The number of aromatic nitrogens is 2. The summed E-state index contributed by atoms with van der Waals surface area (Å²) < 4.78 is 0.922. The number of hydrogen-bond acceptors (Lipinski definition) is 6. The van der Waals surface area contributed by atoms with E-state index in [1.165, 1.54) is 23.2 Å². The molecule has 0 spiro atoms. The molecule has 0 radical (unpaired) electrons. The van der Waals surface area contributed by atoms with Crippen LogP contribution in [0.15, 0.2) is 63.2 Å². The molecule has 1 aliphatic rings. The van der Waals surface area contributed by atoms with Crippen LogP contribution in [-0.2, 0) is 4.79 Å². The van der Waals surface area contributed by atoms with Gasteiger partial charge in [-0.1, -0.05) is 36.7 Å². The van der Waals surface area contributed by atoms with Crippen LogP contribution in [0.25, 0.3) is 5.69 Å². The van der Waals surface area contributed by atoms with Crippen molar-refractivity contribution in [2.45, 2.75) is 25.8 Å². The van der Waals surface area contributed by atoms with Crippen molar-refractivity contribution in [3.05, 3.63) is 85.5 Å². The number of carbonyl (C=O) groups excluding carboxylic acids is 1. The minimum atomic E-state index is -0.839. The van der Waals surface area contributed by atoms with Crippen molar-refractivity contribution < 1.29 is 15.0 Å². The van der Waals surface area contributed by atoms with Gasteiger partial charge < -0.3 is 10.2 Å². The lowest BCUT2D eigenvalue weighted by molar-refractivity contribution is -0.132. The summed E-state index contributed by atoms with van der Waals surface area (Å²) in [7, 11) is 0. The molecule has 3 aromatic rings. The van der Waals surface area contributed by atoms with Crippen molar-refractivity contribution in [1.82, 2.24) is 14.6 Å². The van der Waals surface area contributed by atoms with Crippen LogP contribution in [0.5, 0.6) is 11.6 Å². The molecule has 1 atom stereocenters. The minimum absolute atomic E-state index is 0.0731. The van der Waals surface area contributed by atoms with Crippen molar-refractivity contribution in [2.75, 3.05) is 0 Å². The molecule has 10 heteroatoms. The van der Waals surface area contributed by atoms with Crippen LogP contribution in [0.1, 0.15) is 36.9 Å². The molecule has 0 saturated heterocycles. The number of phenolic OH excluding ortho intramolecular Hbond substituents is 1. The molecule has 1 aliphatic heterocycles. The fourth-order valence-electron chi connectivity index (χ4n) is 3.65. The Balaban J connectivity index is 1.85. The number of nitrogens with one attached hydrogen (secondary N) is 1. The van der Waals surface area contributed by atoms with E-state index in [1.807, 2.05) is 0 Å². The van der Waals surface area contributed by atoms with E-state index in [4.69, 9.17) is 11.6 Å². The van der Waals surface area contributed by atoms with E-state index in [0.29, 0.717) is 10.6 Å². The largest absolute Gasteiger partial charge is 0.508 e. The van der Waals surface area contributed by atoms with Crippen molar-refractivity contribution >= 4 is 23.2 Å². The third kappa shape index (κ3) is 3.78. The highest BCUT2D eigenvalue weighted by atomic mass is 35.5. The molecule has 4 rings (SSSR count). The lowest BCUT2D eigenvalue weighted by atomic mass is 9.99. The van der Waals surface area contributed by atoms with Crippen LogP contribution in [0, 0.1) is 0 Å². The molecular weight excluding hydrogens is 436 g/mol. The number of carbonyl (C=O) groups is 1. The van der Waals surface area contributed by atoms with Crippen LogP contribution >= 0.6 is 11.6 Å². The quantitative estimate of drug-likeness (QED) is 0.558. The predicted molar refractivity (Wildman–Crippen MR) is 118 cm³/mol. The van der Waals surface area contributed by atoms with Gasteiger partial charge in [-0.2, -0.15) is 5.10 Å². The Morgan fingerprint density at radius 1 is 1.19 bits per heavy atom. The number of hydrazone groups is 1. The smallest absolute Gasteiger partial charge is 0.335 e. The van der Waals surface area contributed by atoms with E-state index in [1.54, 1.807) is 37.3 Å². The summed E-state index contributed by atoms with van der Waals surface area (Å²) in [4.78, 5) is 39.8. The standard InChI is InChI=1S/C22H19ClN4O5/c1-2-18(29)27-17(12-6-8-15(28)9-7-12)11-16(25-27)19-20(30)24-22(32)26(21(19)31)14-5-3-4-13(23)10-14/h3-10,17,28,31H,2,11H2,1H3,(H,24,30,32)/t17-/m0/s1. The Bertz CT molecular complexity index is 1340. The second-order valence-corrected chi connectivity index (χ2v) is 7.66. The third-order valence-corrected chi connectivity index (χ3v) is 5.42. The van der Waals surface area contributed by atoms with Crippen molar-refractivity contribution in [3.63, 3.8) is 0 Å². The normalized spacial score (nSPS) is 15.6. The fourth-order valence-corrected chi connectivity index (χ4v) is 3.83. The van der Waals surface area contributed by atoms with Crippen molar-refractivity contribution in [1.29, 1.82) is 0 Å². The summed E-state index contributed by atoms with van der Waals surface area (Å²) in [5, 5.41) is 26.4. The molecule has 0 fully saturated rings. The first-order chi connectivity index (χ1) is 15.3. The Morgan fingerprint density at radius 3 is 2.56 bits per heavy atom. The highest BCUT2D eigenvalue weighted by Crippen LogP contribution is 2.35. The van der Waals surface area contributed by atoms with Gasteiger partial charge in [0.05, 0.1) is 17.4 Å². The second-order valence-electron chi connectivity index (χ2n) is 7.22. The first-order valence-electron chi connectivity index (χ1n) is 9.83. The van der Waals surface area contributed by atoms with Crippen LogP contribution in [0.2, 0.25) is 5.02 Å². The molecule has 164 valence electrons. The second kappa shape index (κ2) is 8.35. The summed E-state index contributed by atoms with van der Waals surface area (Å²) in [6, 6.07) is 12.0. The number of halogens is 1. The number of amides is 1. The summed E-state index contributed by atoms with van der Waals surface area (Å²) in [6.45, 7) is 1.69. The number of phenols is 1.